The number of unbranched alkanes of at least 4 members (excludes halogenated alkanes) is 1. The fraction of sp³-hybridized carbons (Fsp3) is 0.765. The molecule has 0 aliphatic rings. The number of rotatable bonds is 14. The summed E-state index contributed by atoms with van der Waals surface area (Å²) >= 11 is 4.06. The van der Waals surface area contributed by atoms with Crippen LogP contribution in [0, 0.1) is 5.92 Å². The molecule has 0 aromatic rings. The van der Waals surface area contributed by atoms with Gasteiger partial charge in [0, 0.05) is 5.75 Å². The number of carboxylic acid groups (broad SMARTS) is 1. The van der Waals surface area contributed by atoms with Gasteiger partial charge in [-0.2, -0.15) is 12.6 Å². The minimum absolute atomic E-state index is 0.0338. The molecule has 4 unspecified atom stereocenters. The first-order valence-corrected chi connectivity index (χ1v) is 10.0. The number of hydrogen-bond donors (Lipinski definition) is 8. The lowest BCUT2D eigenvalue weighted by Crippen LogP contribution is -2.58. The number of amides is 3. The van der Waals surface area contributed by atoms with Crippen LogP contribution >= 0.6 is 12.6 Å². The summed E-state index contributed by atoms with van der Waals surface area (Å²) < 4.78 is 0. The molecule has 0 heterocycles. The third-order valence-electron chi connectivity index (χ3n) is 4.21. The van der Waals surface area contributed by atoms with Crippen LogP contribution < -0.4 is 27.4 Å². The molecular formula is C17H33N5O6S. The maximum Gasteiger partial charge on any atom is 0.328 e. The molecule has 12 heteroatoms. The predicted octanol–water partition coefficient (Wildman–Crippen LogP) is -2.44. The van der Waals surface area contributed by atoms with Crippen molar-refractivity contribution in [3.8, 4) is 0 Å². The van der Waals surface area contributed by atoms with Gasteiger partial charge in [-0.1, -0.05) is 13.8 Å². The number of nitrogens with two attached hydrogens (primary N) is 2. The lowest BCUT2D eigenvalue weighted by molar-refractivity contribution is -0.143. The van der Waals surface area contributed by atoms with Crippen molar-refractivity contribution in [2.75, 3.05) is 18.9 Å². The Balaban J connectivity index is 5.17. The Hall–Kier alpha value is -1.89. The summed E-state index contributed by atoms with van der Waals surface area (Å²) in [6, 6.07) is -4.41. The number of carbonyl (C=O) groups is 4. The second kappa shape index (κ2) is 14.1. The molecule has 0 aliphatic heterocycles. The van der Waals surface area contributed by atoms with Crippen molar-refractivity contribution >= 4 is 36.3 Å². The Morgan fingerprint density at radius 1 is 0.931 bits per heavy atom. The summed E-state index contributed by atoms with van der Waals surface area (Å²) in [6.45, 7) is 3.11. The molecule has 168 valence electrons. The molecule has 0 saturated carbocycles. The minimum atomic E-state index is -1.50. The highest BCUT2D eigenvalue weighted by Crippen LogP contribution is 2.04. The normalized spacial score (nSPS) is 15.1. The Labute approximate surface area is 175 Å². The van der Waals surface area contributed by atoms with Crippen LogP contribution in [0.3, 0.4) is 0 Å². The second-order valence-corrected chi connectivity index (χ2v) is 7.31. The molecule has 29 heavy (non-hydrogen) atoms. The SMILES string of the molecule is CC(C)C(N)C(=O)NC(CS)C(=O)NC(CCCCN)C(=O)NC(CO)C(=O)O. The number of carboxylic acids is 1. The van der Waals surface area contributed by atoms with Crippen molar-refractivity contribution in [3.05, 3.63) is 0 Å². The summed E-state index contributed by atoms with van der Waals surface area (Å²) in [4.78, 5) is 48.1. The largest absolute Gasteiger partial charge is 0.480 e. The molecule has 0 radical (unpaired) electrons. The fourth-order valence-electron chi connectivity index (χ4n) is 2.26. The molecule has 0 saturated heterocycles. The second-order valence-electron chi connectivity index (χ2n) is 6.94. The standard InChI is InChI=1S/C17H33N5O6S/c1-9(2)13(19)16(26)22-12(8-29)15(25)20-10(5-3-4-6-18)14(24)21-11(7-23)17(27)28/h9-13,23,29H,3-8,18-19H2,1-2H3,(H,20,25)(H,21,24)(H,22,26)(H,27,28). The van der Waals surface area contributed by atoms with E-state index in [-0.39, 0.29) is 18.1 Å². The number of nitrogens with one attached hydrogen (secondary N) is 3. The van der Waals surface area contributed by atoms with Gasteiger partial charge < -0.3 is 37.6 Å². The molecule has 0 fully saturated rings. The van der Waals surface area contributed by atoms with Crippen LogP contribution in [0.25, 0.3) is 0 Å². The van der Waals surface area contributed by atoms with Crippen molar-refractivity contribution < 1.29 is 29.4 Å². The molecule has 3 amide bonds. The lowest BCUT2D eigenvalue weighted by Gasteiger charge is -2.24. The number of hydrogen-bond acceptors (Lipinski definition) is 8. The first-order valence-electron chi connectivity index (χ1n) is 9.40. The maximum atomic E-state index is 12.6. The van der Waals surface area contributed by atoms with Crippen molar-refractivity contribution in [2.45, 2.75) is 57.3 Å². The molecular weight excluding hydrogens is 402 g/mol. The number of aliphatic hydroxyl groups is 1. The van der Waals surface area contributed by atoms with Crippen LogP contribution in [0.4, 0.5) is 0 Å². The fourth-order valence-corrected chi connectivity index (χ4v) is 2.51. The van der Waals surface area contributed by atoms with Crippen LogP contribution in [-0.2, 0) is 19.2 Å². The highest BCUT2D eigenvalue weighted by atomic mass is 32.1. The van der Waals surface area contributed by atoms with Gasteiger partial charge in [-0.15, -0.1) is 0 Å². The Kier molecular flexibility index (Phi) is 13.2. The average molecular weight is 436 g/mol. The topological polar surface area (TPSA) is 197 Å². The molecule has 11 nitrogen and oxygen atoms in total. The molecule has 0 aromatic carbocycles. The molecule has 0 aromatic heterocycles. The Morgan fingerprint density at radius 3 is 1.90 bits per heavy atom. The smallest absolute Gasteiger partial charge is 0.328 e. The summed E-state index contributed by atoms with van der Waals surface area (Å²) in [5.41, 5.74) is 11.2. The molecule has 0 aliphatic carbocycles. The van der Waals surface area contributed by atoms with E-state index in [1.54, 1.807) is 13.8 Å². The predicted molar refractivity (Wildman–Crippen MR) is 110 cm³/mol. The van der Waals surface area contributed by atoms with Crippen molar-refractivity contribution in [1.82, 2.24) is 16.0 Å². The summed E-state index contributed by atoms with van der Waals surface area (Å²) in [5, 5.41) is 25.2. The van der Waals surface area contributed by atoms with E-state index in [9.17, 15) is 19.2 Å². The van der Waals surface area contributed by atoms with Gasteiger partial charge in [-0.05, 0) is 31.7 Å². The highest BCUT2D eigenvalue weighted by Gasteiger charge is 2.29. The van der Waals surface area contributed by atoms with Gasteiger partial charge in [0.2, 0.25) is 17.7 Å². The van der Waals surface area contributed by atoms with Crippen LogP contribution in [0.15, 0.2) is 0 Å². The third kappa shape index (κ3) is 9.92. The summed E-state index contributed by atoms with van der Waals surface area (Å²) in [6.07, 6.45) is 1.30. The minimum Gasteiger partial charge on any atom is -0.480 e. The van der Waals surface area contributed by atoms with E-state index in [4.69, 9.17) is 21.7 Å². The summed E-state index contributed by atoms with van der Waals surface area (Å²) in [5.74, 6) is -3.53. The number of thiol groups is 1. The average Bonchev–Trinajstić information content (AvgIpc) is 2.67. The third-order valence-corrected chi connectivity index (χ3v) is 4.58. The maximum absolute atomic E-state index is 12.6. The molecule has 0 rings (SSSR count). The number of aliphatic carboxylic acids is 1. The molecule has 0 spiro atoms. The molecule has 9 N–H and O–H groups in total. The van der Waals surface area contributed by atoms with Crippen LogP contribution in [-0.4, -0.2) is 77.0 Å². The molecule has 0 bridgehead atoms. The zero-order valence-electron chi connectivity index (χ0n) is 16.8. The van der Waals surface area contributed by atoms with Crippen molar-refractivity contribution in [3.63, 3.8) is 0 Å². The van der Waals surface area contributed by atoms with Gasteiger partial charge in [-0.25, -0.2) is 4.79 Å². The van der Waals surface area contributed by atoms with Gasteiger partial charge >= 0.3 is 5.97 Å². The Bertz CT molecular complexity index is 562. The van der Waals surface area contributed by atoms with Gasteiger partial charge in [0.15, 0.2) is 0 Å². The van der Waals surface area contributed by atoms with E-state index in [1.165, 1.54) is 0 Å². The van der Waals surface area contributed by atoms with Crippen LogP contribution in [0.1, 0.15) is 33.1 Å². The van der Waals surface area contributed by atoms with Crippen LogP contribution in [0.2, 0.25) is 0 Å². The van der Waals surface area contributed by atoms with Gasteiger partial charge in [0.25, 0.3) is 0 Å². The zero-order chi connectivity index (χ0) is 22.6. The van der Waals surface area contributed by atoms with E-state index < -0.39 is 54.5 Å². The van der Waals surface area contributed by atoms with Crippen molar-refractivity contribution in [2.24, 2.45) is 17.4 Å². The van der Waals surface area contributed by atoms with E-state index >= 15 is 0 Å². The number of aliphatic hydroxyl groups excluding tert-OH is 1. The van der Waals surface area contributed by atoms with E-state index in [0.717, 1.165) is 0 Å². The van der Waals surface area contributed by atoms with E-state index in [2.05, 4.69) is 28.6 Å². The summed E-state index contributed by atoms with van der Waals surface area (Å²) in [7, 11) is 0. The van der Waals surface area contributed by atoms with E-state index in [1.807, 2.05) is 0 Å². The molecule has 4 atom stereocenters. The first kappa shape index (κ1) is 27.1. The van der Waals surface area contributed by atoms with Gasteiger partial charge in [0.05, 0.1) is 12.6 Å². The van der Waals surface area contributed by atoms with Crippen molar-refractivity contribution in [1.29, 1.82) is 0 Å². The van der Waals surface area contributed by atoms with Gasteiger partial charge in [0.1, 0.15) is 18.1 Å². The zero-order valence-corrected chi connectivity index (χ0v) is 17.7. The van der Waals surface area contributed by atoms with E-state index in [0.29, 0.717) is 19.4 Å². The van der Waals surface area contributed by atoms with Gasteiger partial charge in [-0.3, -0.25) is 14.4 Å². The highest BCUT2D eigenvalue weighted by molar-refractivity contribution is 7.80. The number of carbonyl (C=O) groups excluding carboxylic acids is 3. The van der Waals surface area contributed by atoms with Crippen LogP contribution in [0.5, 0.6) is 0 Å². The Morgan fingerprint density at radius 2 is 1.45 bits per heavy atom. The first-order chi connectivity index (χ1) is 13.6. The monoisotopic (exact) mass is 435 g/mol. The quantitative estimate of drug-likeness (QED) is 0.109. The lowest BCUT2D eigenvalue weighted by atomic mass is 10.0.